The number of hydrogen-bond donors (Lipinski definition) is 1. The van der Waals surface area contributed by atoms with Crippen LogP contribution in [-0.4, -0.2) is 53.0 Å². The van der Waals surface area contributed by atoms with Crippen LogP contribution in [0.1, 0.15) is 25.7 Å². The molecule has 2 aliphatic heterocycles. The van der Waals surface area contributed by atoms with Gasteiger partial charge in [-0.3, -0.25) is 9.59 Å². The number of oxazole rings is 1. The number of fused-ring (bicyclic) bond motifs is 1. The molecule has 0 atom stereocenters. The van der Waals surface area contributed by atoms with Crippen LogP contribution in [0.4, 0.5) is 6.01 Å². The highest BCUT2D eigenvalue weighted by atomic mass is 16.4. The van der Waals surface area contributed by atoms with Crippen LogP contribution in [0.2, 0.25) is 0 Å². The minimum Gasteiger partial charge on any atom is -0.481 e. The van der Waals surface area contributed by atoms with E-state index in [2.05, 4.69) is 9.88 Å². The fraction of sp³-hybridized carbons (Fsp3) is 0.526. The van der Waals surface area contributed by atoms with Crippen molar-refractivity contribution in [1.29, 1.82) is 0 Å². The highest BCUT2D eigenvalue weighted by Crippen LogP contribution is 2.28. The second-order valence-corrected chi connectivity index (χ2v) is 7.16. The van der Waals surface area contributed by atoms with Gasteiger partial charge in [0.15, 0.2) is 5.58 Å². The first kappa shape index (κ1) is 16.9. The molecule has 1 amide bonds. The Bertz CT molecular complexity index is 769. The van der Waals surface area contributed by atoms with Gasteiger partial charge in [0.05, 0.1) is 5.92 Å². The molecule has 3 heterocycles. The van der Waals surface area contributed by atoms with Crippen LogP contribution in [0.15, 0.2) is 28.7 Å². The van der Waals surface area contributed by atoms with Crippen LogP contribution in [0, 0.1) is 11.8 Å². The summed E-state index contributed by atoms with van der Waals surface area (Å²) in [7, 11) is 0. The summed E-state index contributed by atoms with van der Waals surface area (Å²) < 4.78 is 5.82. The average molecular weight is 357 g/mol. The first-order valence-corrected chi connectivity index (χ1v) is 9.24. The van der Waals surface area contributed by atoms with Crippen LogP contribution in [0.3, 0.4) is 0 Å². The molecule has 0 bridgehead atoms. The Morgan fingerprint density at radius 1 is 1.00 bits per heavy atom. The summed E-state index contributed by atoms with van der Waals surface area (Å²) in [5.41, 5.74) is 1.63. The third-order valence-electron chi connectivity index (χ3n) is 5.55. The van der Waals surface area contributed by atoms with E-state index in [0.29, 0.717) is 31.9 Å². The first-order chi connectivity index (χ1) is 12.6. The Morgan fingerprint density at radius 3 is 2.31 bits per heavy atom. The summed E-state index contributed by atoms with van der Waals surface area (Å²) in [6, 6.07) is 8.32. The normalized spacial score (nSPS) is 19.8. The van der Waals surface area contributed by atoms with Crippen molar-refractivity contribution in [2.45, 2.75) is 25.7 Å². The van der Waals surface area contributed by atoms with Gasteiger partial charge in [-0.05, 0) is 37.8 Å². The summed E-state index contributed by atoms with van der Waals surface area (Å²) in [5, 5.41) is 9.08. The van der Waals surface area contributed by atoms with Crippen molar-refractivity contribution in [3.05, 3.63) is 24.3 Å². The first-order valence-electron chi connectivity index (χ1n) is 9.24. The van der Waals surface area contributed by atoms with Crippen LogP contribution < -0.4 is 4.90 Å². The molecular weight excluding hydrogens is 334 g/mol. The molecule has 0 unspecified atom stereocenters. The standard InChI is InChI=1S/C19H23N3O4/c23-17(21-9-7-14(8-10-21)18(24)25)13-5-11-22(12-6-13)19-20-15-3-1-2-4-16(15)26-19/h1-4,13-14H,5-12H2,(H,24,25). The topological polar surface area (TPSA) is 86.9 Å². The molecule has 2 aliphatic rings. The van der Waals surface area contributed by atoms with E-state index in [-0.39, 0.29) is 17.7 Å². The maximum Gasteiger partial charge on any atom is 0.306 e. The third kappa shape index (κ3) is 3.25. The molecule has 26 heavy (non-hydrogen) atoms. The molecule has 138 valence electrons. The van der Waals surface area contributed by atoms with Crippen molar-refractivity contribution in [2.75, 3.05) is 31.1 Å². The molecule has 7 heteroatoms. The molecule has 1 aromatic carbocycles. The number of likely N-dealkylation sites (tertiary alicyclic amines) is 1. The highest BCUT2D eigenvalue weighted by molar-refractivity contribution is 5.80. The van der Waals surface area contributed by atoms with Crippen LogP contribution in [-0.2, 0) is 9.59 Å². The number of rotatable bonds is 3. The fourth-order valence-corrected chi connectivity index (χ4v) is 3.92. The number of carbonyl (C=O) groups excluding carboxylic acids is 1. The predicted molar refractivity (Wildman–Crippen MR) is 95.9 cm³/mol. The zero-order valence-corrected chi connectivity index (χ0v) is 14.6. The smallest absolute Gasteiger partial charge is 0.306 e. The quantitative estimate of drug-likeness (QED) is 0.907. The Morgan fingerprint density at radius 2 is 1.65 bits per heavy atom. The number of aliphatic carboxylic acids is 1. The molecule has 0 radical (unpaired) electrons. The molecule has 7 nitrogen and oxygen atoms in total. The lowest BCUT2D eigenvalue weighted by atomic mass is 9.92. The number of benzene rings is 1. The minimum atomic E-state index is -0.747. The molecule has 0 saturated carbocycles. The summed E-state index contributed by atoms with van der Waals surface area (Å²) >= 11 is 0. The van der Waals surface area contributed by atoms with Gasteiger partial charge < -0.3 is 19.3 Å². The van der Waals surface area contributed by atoms with E-state index in [1.807, 2.05) is 29.2 Å². The molecule has 1 N–H and O–H groups in total. The predicted octanol–water partition coefficient (Wildman–Crippen LogP) is 2.37. The van der Waals surface area contributed by atoms with Gasteiger partial charge >= 0.3 is 5.97 Å². The number of aromatic nitrogens is 1. The maximum atomic E-state index is 12.7. The van der Waals surface area contributed by atoms with Gasteiger partial charge in [0.25, 0.3) is 6.01 Å². The van der Waals surface area contributed by atoms with E-state index in [1.165, 1.54) is 0 Å². The van der Waals surface area contributed by atoms with E-state index in [1.54, 1.807) is 0 Å². The molecule has 2 aromatic rings. The van der Waals surface area contributed by atoms with Crippen molar-refractivity contribution >= 4 is 29.0 Å². The number of carboxylic acids is 1. The van der Waals surface area contributed by atoms with Crippen LogP contribution >= 0.6 is 0 Å². The number of anilines is 1. The van der Waals surface area contributed by atoms with E-state index >= 15 is 0 Å². The van der Waals surface area contributed by atoms with Gasteiger partial charge in [-0.15, -0.1) is 0 Å². The zero-order chi connectivity index (χ0) is 18.1. The average Bonchev–Trinajstić information content (AvgIpc) is 3.12. The molecule has 0 aliphatic carbocycles. The van der Waals surface area contributed by atoms with Gasteiger partial charge in [-0.25, -0.2) is 0 Å². The Labute approximate surface area is 151 Å². The lowest BCUT2D eigenvalue weighted by Crippen LogP contribution is -2.46. The monoisotopic (exact) mass is 357 g/mol. The maximum absolute atomic E-state index is 12.7. The fourth-order valence-electron chi connectivity index (χ4n) is 3.92. The van der Waals surface area contributed by atoms with E-state index < -0.39 is 5.97 Å². The van der Waals surface area contributed by atoms with Crippen molar-refractivity contribution in [2.24, 2.45) is 11.8 Å². The Balaban J connectivity index is 1.33. The van der Waals surface area contributed by atoms with Crippen LogP contribution in [0.5, 0.6) is 0 Å². The Hall–Kier alpha value is -2.57. The van der Waals surface area contributed by atoms with E-state index in [9.17, 15) is 9.59 Å². The van der Waals surface area contributed by atoms with Crippen molar-refractivity contribution in [3.8, 4) is 0 Å². The SMILES string of the molecule is O=C(O)C1CCN(C(=O)C2CCN(c3nc4ccccc4o3)CC2)CC1. The Kier molecular flexibility index (Phi) is 4.53. The van der Waals surface area contributed by atoms with Gasteiger partial charge in [0.1, 0.15) is 5.52 Å². The third-order valence-corrected chi connectivity index (χ3v) is 5.55. The van der Waals surface area contributed by atoms with Gasteiger partial charge in [-0.1, -0.05) is 12.1 Å². The number of nitrogens with zero attached hydrogens (tertiary/aromatic N) is 3. The summed E-state index contributed by atoms with van der Waals surface area (Å²) in [5.74, 6) is -0.869. The second kappa shape index (κ2) is 6.97. The molecule has 1 aromatic heterocycles. The van der Waals surface area contributed by atoms with E-state index in [0.717, 1.165) is 37.0 Å². The second-order valence-electron chi connectivity index (χ2n) is 7.16. The molecular formula is C19H23N3O4. The number of amides is 1. The molecule has 4 rings (SSSR count). The van der Waals surface area contributed by atoms with Crippen LogP contribution in [0.25, 0.3) is 11.1 Å². The highest BCUT2D eigenvalue weighted by Gasteiger charge is 2.33. The number of para-hydroxylation sites is 2. The number of carbonyl (C=O) groups is 2. The molecule has 2 fully saturated rings. The summed E-state index contributed by atoms with van der Waals surface area (Å²) in [4.78, 5) is 32.3. The summed E-state index contributed by atoms with van der Waals surface area (Å²) in [6.45, 7) is 2.60. The molecule has 0 spiro atoms. The zero-order valence-electron chi connectivity index (χ0n) is 14.6. The minimum absolute atomic E-state index is 0.0111. The summed E-state index contributed by atoms with van der Waals surface area (Å²) in [6.07, 6.45) is 2.67. The van der Waals surface area contributed by atoms with Gasteiger partial charge in [0.2, 0.25) is 5.91 Å². The molecule has 2 saturated heterocycles. The number of carboxylic acid groups (broad SMARTS) is 1. The van der Waals surface area contributed by atoms with Gasteiger partial charge in [-0.2, -0.15) is 4.98 Å². The number of piperidine rings is 2. The lowest BCUT2D eigenvalue weighted by molar-refractivity contribution is -0.147. The number of hydrogen-bond acceptors (Lipinski definition) is 5. The van der Waals surface area contributed by atoms with Gasteiger partial charge in [0, 0.05) is 32.1 Å². The lowest BCUT2D eigenvalue weighted by Gasteiger charge is -2.36. The largest absolute Gasteiger partial charge is 0.481 e. The van der Waals surface area contributed by atoms with Crippen molar-refractivity contribution in [3.63, 3.8) is 0 Å². The van der Waals surface area contributed by atoms with Crippen molar-refractivity contribution < 1.29 is 19.1 Å². The van der Waals surface area contributed by atoms with E-state index in [4.69, 9.17) is 9.52 Å². The van der Waals surface area contributed by atoms with Crippen molar-refractivity contribution in [1.82, 2.24) is 9.88 Å².